The Morgan fingerprint density at radius 2 is 1.90 bits per heavy atom. The van der Waals surface area contributed by atoms with E-state index in [1.54, 1.807) is 0 Å². The van der Waals surface area contributed by atoms with E-state index in [4.69, 9.17) is 5.11 Å². The molecule has 0 aromatic carbocycles. The van der Waals surface area contributed by atoms with Gasteiger partial charge in [-0.2, -0.15) is 13.9 Å². The topological polar surface area (TPSA) is 55.1 Å². The number of aromatic carboxylic acids is 1. The van der Waals surface area contributed by atoms with Gasteiger partial charge in [-0.25, -0.2) is 13.6 Å². The Morgan fingerprint density at radius 1 is 1.38 bits per heavy atom. The van der Waals surface area contributed by atoms with Gasteiger partial charge in [0.2, 0.25) is 0 Å². The molecule has 3 atom stereocenters. The maximum Gasteiger partial charge on any atom is 0.354 e. The zero-order valence-corrected chi connectivity index (χ0v) is 11.6. The van der Waals surface area contributed by atoms with Crippen LogP contribution in [0.4, 0.5) is 17.6 Å². The van der Waals surface area contributed by atoms with Gasteiger partial charge in [-0.3, -0.25) is 4.68 Å². The van der Waals surface area contributed by atoms with Crippen LogP contribution in [-0.4, -0.2) is 33.2 Å². The maximum atomic E-state index is 13.4. The molecule has 1 heterocycles. The molecule has 0 bridgehead atoms. The zero-order chi connectivity index (χ0) is 15.9. The van der Waals surface area contributed by atoms with Crippen molar-refractivity contribution in [3.8, 4) is 0 Å². The van der Waals surface area contributed by atoms with Crippen LogP contribution >= 0.6 is 0 Å². The molecule has 118 valence electrons. The molecule has 0 spiro atoms. The molecule has 0 amide bonds. The van der Waals surface area contributed by atoms with E-state index in [2.05, 4.69) is 5.10 Å². The van der Waals surface area contributed by atoms with Crippen molar-refractivity contribution in [2.24, 2.45) is 5.92 Å². The third-order valence-electron chi connectivity index (χ3n) is 3.75. The number of carboxylic acids is 1. The summed E-state index contributed by atoms with van der Waals surface area (Å²) >= 11 is 0. The Kier molecular flexibility index (Phi) is 3.99. The van der Waals surface area contributed by atoms with Gasteiger partial charge >= 0.3 is 5.97 Å². The molecule has 1 aromatic rings. The standard InChI is InChI=1S/C13H16F4N2O2/c1-6-10(12(20)21)19(18-11(6)13(2,16)17)5-7-3-8(14)9(15)4-7/h7-9H,3-5H2,1-2H3,(H,20,21)/t7?,8-,9?/m0/s1. The van der Waals surface area contributed by atoms with Crippen molar-refractivity contribution in [3.63, 3.8) is 0 Å². The first kappa shape index (κ1) is 15.8. The molecule has 0 radical (unpaired) electrons. The smallest absolute Gasteiger partial charge is 0.354 e. The van der Waals surface area contributed by atoms with Gasteiger partial charge in [-0.05, 0) is 25.7 Å². The van der Waals surface area contributed by atoms with E-state index < -0.39 is 35.8 Å². The van der Waals surface area contributed by atoms with E-state index in [1.165, 1.54) is 6.92 Å². The first-order valence-electron chi connectivity index (χ1n) is 6.58. The third kappa shape index (κ3) is 3.03. The minimum atomic E-state index is -3.28. The predicted molar refractivity (Wildman–Crippen MR) is 66.0 cm³/mol. The highest BCUT2D eigenvalue weighted by Gasteiger charge is 2.38. The van der Waals surface area contributed by atoms with Crippen LogP contribution in [0.15, 0.2) is 0 Å². The van der Waals surface area contributed by atoms with Gasteiger partial charge in [0.1, 0.15) is 23.7 Å². The minimum Gasteiger partial charge on any atom is -0.477 e. The van der Waals surface area contributed by atoms with Crippen LogP contribution in [0.25, 0.3) is 0 Å². The molecule has 2 rings (SSSR count). The van der Waals surface area contributed by atoms with E-state index >= 15 is 0 Å². The number of alkyl halides is 4. The van der Waals surface area contributed by atoms with E-state index in [0.29, 0.717) is 6.92 Å². The molecule has 1 N–H and O–H groups in total. The number of carboxylic acid groups (broad SMARTS) is 1. The molecular weight excluding hydrogens is 292 g/mol. The maximum absolute atomic E-state index is 13.4. The Hall–Kier alpha value is -1.60. The lowest BCUT2D eigenvalue weighted by Crippen LogP contribution is -2.16. The summed E-state index contributed by atoms with van der Waals surface area (Å²) in [6.07, 6.45) is -3.30. The fraction of sp³-hybridized carbons (Fsp3) is 0.692. The van der Waals surface area contributed by atoms with Crippen molar-refractivity contribution in [3.05, 3.63) is 17.0 Å². The third-order valence-corrected chi connectivity index (χ3v) is 3.75. The summed E-state index contributed by atoms with van der Waals surface area (Å²) in [5.74, 6) is -5.12. The van der Waals surface area contributed by atoms with Crippen LogP contribution in [0.2, 0.25) is 0 Å². The molecule has 0 saturated heterocycles. The van der Waals surface area contributed by atoms with Gasteiger partial charge in [-0.15, -0.1) is 0 Å². The average Bonchev–Trinajstić information content (AvgIpc) is 2.80. The number of halogens is 4. The van der Waals surface area contributed by atoms with E-state index in [-0.39, 0.29) is 30.6 Å². The lowest BCUT2D eigenvalue weighted by molar-refractivity contribution is 0.0113. The van der Waals surface area contributed by atoms with Gasteiger partial charge in [0.15, 0.2) is 0 Å². The molecular formula is C13H16F4N2O2. The van der Waals surface area contributed by atoms with Crippen LogP contribution in [0, 0.1) is 12.8 Å². The lowest BCUT2D eigenvalue weighted by atomic mass is 10.1. The molecule has 1 aromatic heterocycles. The summed E-state index contributed by atoms with van der Waals surface area (Å²) < 4.78 is 54.1. The van der Waals surface area contributed by atoms with Crippen LogP contribution in [0.5, 0.6) is 0 Å². The van der Waals surface area contributed by atoms with Crippen molar-refractivity contribution in [1.29, 1.82) is 0 Å². The molecule has 4 nitrogen and oxygen atoms in total. The summed E-state index contributed by atoms with van der Waals surface area (Å²) in [6.45, 7) is 1.80. The van der Waals surface area contributed by atoms with Crippen LogP contribution in [0.1, 0.15) is 41.5 Å². The number of carbonyl (C=O) groups is 1. The number of hydrogen-bond acceptors (Lipinski definition) is 2. The minimum absolute atomic E-state index is 0.0585. The lowest BCUT2D eigenvalue weighted by Gasteiger charge is -2.10. The second kappa shape index (κ2) is 5.31. The van der Waals surface area contributed by atoms with Gasteiger partial charge in [-0.1, -0.05) is 0 Å². The first-order chi connectivity index (χ1) is 9.61. The average molecular weight is 308 g/mol. The van der Waals surface area contributed by atoms with Crippen molar-refractivity contribution in [1.82, 2.24) is 9.78 Å². The summed E-state index contributed by atoms with van der Waals surface area (Å²) in [6, 6.07) is 0. The first-order valence-corrected chi connectivity index (χ1v) is 6.58. The highest BCUT2D eigenvalue weighted by atomic mass is 19.3. The molecule has 2 unspecified atom stereocenters. The summed E-state index contributed by atoms with van der Waals surface area (Å²) in [4.78, 5) is 11.2. The van der Waals surface area contributed by atoms with Crippen LogP contribution < -0.4 is 0 Å². The van der Waals surface area contributed by atoms with Crippen molar-refractivity contribution < 1.29 is 27.5 Å². The largest absolute Gasteiger partial charge is 0.477 e. The zero-order valence-electron chi connectivity index (χ0n) is 11.6. The number of rotatable bonds is 4. The summed E-state index contributed by atoms with van der Waals surface area (Å²) in [5.41, 5.74) is -1.10. The monoisotopic (exact) mass is 308 g/mol. The van der Waals surface area contributed by atoms with Crippen LogP contribution in [-0.2, 0) is 12.5 Å². The van der Waals surface area contributed by atoms with E-state index in [1.807, 2.05) is 0 Å². The number of aromatic nitrogens is 2. The molecule has 8 heteroatoms. The van der Waals surface area contributed by atoms with E-state index in [9.17, 15) is 22.4 Å². The van der Waals surface area contributed by atoms with E-state index in [0.717, 1.165) is 4.68 Å². The second-order valence-electron chi connectivity index (χ2n) is 5.57. The predicted octanol–water partition coefficient (Wildman–Crippen LogP) is 3.09. The molecule has 1 fully saturated rings. The Morgan fingerprint density at radius 3 is 2.33 bits per heavy atom. The molecule has 1 saturated carbocycles. The van der Waals surface area contributed by atoms with Crippen LogP contribution in [0.3, 0.4) is 0 Å². The fourth-order valence-corrected chi connectivity index (χ4v) is 2.79. The molecule has 0 aliphatic heterocycles. The highest BCUT2D eigenvalue weighted by molar-refractivity contribution is 5.87. The van der Waals surface area contributed by atoms with Gasteiger partial charge < -0.3 is 5.11 Å². The van der Waals surface area contributed by atoms with Crippen molar-refractivity contribution in [2.75, 3.05) is 0 Å². The van der Waals surface area contributed by atoms with Gasteiger partial charge in [0.25, 0.3) is 5.92 Å². The number of hydrogen-bond donors (Lipinski definition) is 1. The quantitative estimate of drug-likeness (QED) is 0.870. The van der Waals surface area contributed by atoms with Gasteiger partial charge in [0, 0.05) is 19.0 Å². The SMILES string of the molecule is Cc1c(C(C)(F)F)nn(CC2CC(F)[C@@H](F)C2)c1C(=O)O. The molecule has 1 aliphatic rings. The Labute approximate surface area is 118 Å². The Balaban J connectivity index is 2.33. The molecule has 1 aliphatic carbocycles. The fourth-order valence-electron chi connectivity index (χ4n) is 2.79. The summed E-state index contributed by atoms with van der Waals surface area (Å²) in [5, 5.41) is 12.8. The normalized spacial score (nSPS) is 26.3. The Bertz CT molecular complexity index is 543. The molecule has 21 heavy (non-hydrogen) atoms. The second-order valence-corrected chi connectivity index (χ2v) is 5.57. The van der Waals surface area contributed by atoms with Crippen molar-refractivity contribution in [2.45, 2.75) is 51.5 Å². The van der Waals surface area contributed by atoms with Crippen molar-refractivity contribution >= 4 is 5.97 Å². The summed E-state index contributed by atoms with van der Waals surface area (Å²) in [7, 11) is 0. The van der Waals surface area contributed by atoms with Gasteiger partial charge in [0.05, 0.1) is 0 Å². The number of nitrogens with zero attached hydrogens (tertiary/aromatic N) is 2. The highest BCUT2D eigenvalue weighted by Crippen LogP contribution is 2.34.